The quantitative estimate of drug-likeness (QED) is 0.937. The Balaban J connectivity index is 2.08. The Hall–Kier alpha value is -1.14. The molecule has 2 rings (SSSR count). The second-order valence-corrected chi connectivity index (χ2v) is 5.72. The molecule has 0 spiro atoms. The molecule has 1 N–H and O–H groups in total. The molecule has 96 valence electrons. The van der Waals surface area contributed by atoms with Crippen LogP contribution in [0.4, 0.5) is 0 Å². The zero-order valence-corrected chi connectivity index (χ0v) is 12.6. The largest absolute Gasteiger partial charge is 0.343 e. The highest BCUT2D eigenvalue weighted by atomic mass is 79.9. The van der Waals surface area contributed by atoms with Crippen LogP contribution in [0.1, 0.15) is 35.3 Å². The van der Waals surface area contributed by atoms with Gasteiger partial charge in [-0.3, -0.25) is 9.48 Å². The maximum atomic E-state index is 12.0. The van der Waals surface area contributed by atoms with E-state index in [4.69, 9.17) is 0 Å². The van der Waals surface area contributed by atoms with Gasteiger partial charge in [-0.25, -0.2) is 0 Å². The van der Waals surface area contributed by atoms with E-state index in [0.29, 0.717) is 4.88 Å². The Kier molecular flexibility index (Phi) is 4.19. The molecule has 4 nitrogen and oxygen atoms in total. The summed E-state index contributed by atoms with van der Waals surface area (Å²) in [4.78, 5) is 12.7. The lowest BCUT2D eigenvalue weighted by Crippen LogP contribution is -2.27. The Morgan fingerprint density at radius 1 is 1.67 bits per heavy atom. The van der Waals surface area contributed by atoms with Crippen LogP contribution in [0.25, 0.3) is 0 Å². The molecule has 1 atom stereocenters. The first kappa shape index (κ1) is 13.3. The Morgan fingerprint density at radius 2 is 2.44 bits per heavy atom. The van der Waals surface area contributed by atoms with Gasteiger partial charge in [0.1, 0.15) is 0 Å². The van der Waals surface area contributed by atoms with Gasteiger partial charge in [-0.05, 0) is 41.9 Å². The van der Waals surface area contributed by atoms with Crippen molar-refractivity contribution in [1.29, 1.82) is 0 Å². The summed E-state index contributed by atoms with van der Waals surface area (Å²) in [5.41, 5.74) is 1.02. The minimum absolute atomic E-state index is 0.0537. The third-order valence-electron chi connectivity index (χ3n) is 2.63. The lowest BCUT2D eigenvalue weighted by molar-refractivity contribution is 0.0942. The van der Waals surface area contributed by atoms with Crippen LogP contribution in [0, 0.1) is 0 Å². The second kappa shape index (κ2) is 5.67. The number of halogens is 1. The van der Waals surface area contributed by atoms with E-state index in [1.54, 1.807) is 6.20 Å². The fourth-order valence-corrected chi connectivity index (χ4v) is 3.08. The number of aryl methyl sites for hydroxylation is 1. The van der Waals surface area contributed by atoms with Crippen LogP contribution >= 0.6 is 27.3 Å². The molecule has 0 radical (unpaired) electrons. The van der Waals surface area contributed by atoms with Crippen LogP contribution in [-0.4, -0.2) is 15.7 Å². The Bertz CT molecular complexity index is 549. The van der Waals surface area contributed by atoms with Gasteiger partial charge in [0, 0.05) is 22.6 Å². The summed E-state index contributed by atoms with van der Waals surface area (Å²) >= 11 is 4.77. The molecule has 1 unspecified atom stereocenters. The number of rotatable bonds is 4. The number of hydrogen-bond acceptors (Lipinski definition) is 3. The summed E-state index contributed by atoms with van der Waals surface area (Å²) in [5.74, 6) is -0.0537. The zero-order valence-electron chi connectivity index (χ0n) is 10.2. The van der Waals surface area contributed by atoms with Gasteiger partial charge in [0.05, 0.1) is 16.6 Å². The molecule has 0 saturated carbocycles. The van der Waals surface area contributed by atoms with Gasteiger partial charge in [-0.15, -0.1) is 11.3 Å². The van der Waals surface area contributed by atoms with Crippen molar-refractivity contribution in [2.45, 2.75) is 26.4 Å². The van der Waals surface area contributed by atoms with Gasteiger partial charge in [0.25, 0.3) is 5.91 Å². The van der Waals surface area contributed by atoms with Crippen molar-refractivity contribution < 1.29 is 4.79 Å². The molecule has 0 fully saturated rings. The zero-order chi connectivity index (χ0) is 13.1. The summed E-state index contributed by atoms with van der Waals surface area (Å²) in [5, 5.41) is 9.08. The van der Waals surface area contributed by atoms with Gasteiger partial charge in [0.2, 0.25) is 0 Å². The van der Waals surface area contributed by atoms with E-state index >= 15 is 0 Å². The van der Waals surface area contributed by atoms with Crippen molar-refractivity contribution in [3.8, 4) is 0 Å². The normalized spacial score (nSPS) is 12.4. The highest BCUT2D eigenvalue weighted by Gasteiger charge is 2.15. The summed E-state index contributed by atoms with van der Waals surface area (Å²) in [6.45, 7) is 4.79. The molecular weight excluding hydrogens is 314 g/mol. The summed E-state index contributed by atoms with van der Waals surface area (Å²) in [6, 6.07) is 3.70. The predicted molar refractivity (Wildman–Crippen MR) is 75.8 cm³/mol. The summed E-state index contributed by atoms with van der Waals surface area (Å²) in [7, 11) is 0. The summed E-state index contributed by atoms with van der Waals surface area (Å²) in [6.07, 6.45) is 1.75. The monoisotopic (exact) mass is 327 g/mol. The number of thiophene rings is 1. The first-order chi connectivity index (χ1) is 8.61. The molecule has 1 amide bonds. The topological polar surface area (TPSA) is 46.9 Å². The van der Waals surface area contributed by atoms with Crippen molar-refractivity contribution in [3.63, 3.8) is 0 Å². The van der Waals surface area contributed by atoms with Crippen molar-refractivity contribution in [3.05, 3.63) is 38.8 Å². The fraction of sp³-hybridized carbons (Fsp3) is 0.333. The molecule has 2 aromatic heterocycles. The molecule has 0 aliphatic heterocycles. The molecule has 0 bridgehead atoms. The van der Waals surface area contributed by atoms with Crippen LogP contribution in [0.15, 0.2) is 28.2 Å². The minimum atomic E-state index is -0.0548. The minimum Gasteiger partial charge on any atom is -0.343 e. The van der Waals surface area contributed by atoms with E-state index in [0.717, 1.165) is 16.7 Å². The van der Waals surface area contributed by atoms with E-state index in [9.17, 15) is 4.79 Å². The molecule has 6 heteroatoms. The van der Waals surface area contributed by atoms with E-state index in [-0.39, 0.29) is 11.9 Å². The Labute approximate surface area is 118 Å². The molecule has 2 aromatic rings. The fourth-order valence-electron chi connectivity index (χ4n) is 1.75. The van der Waals surface area contributed by atoms with Gasteiger partial charge in [-0.2, -0.15) is 5.10 Å². The molecule has 0 aromatic carbocycles. The third kappa shape index (κ3) is 2.81. The van der Waals surface area contributed by atoms with Crippen LogP contribution in [-0.2, 0) is 6.54 Å². The molecule has 0 saturated heterocycles. The third-order valence-corrected chi connectivity index (χ3v) is 4.32. The number of amides is 1. The van der Waals surface area contributed by atoms with Crippen molar-refractivity contribution in [2.24, 2.45) is 0 Å². The van der Waals surface area contributed by atoms with Crippen molar-refractivity contribution in [2.75, 3.05) is 0 Å². The molecular formula is C12H14BrN3OS. The molecule has 18 heavy (non-hydrogen) atoms. The maximum absolute atomic E-state index is 12.0. The smallest absolute Gasteiger partial charge is 0.261 e. The standard InChI is InChI=1S/C12H14BrN3OS/c1-3-16-10(4-5-14-16)8(2)15-12(17)11-6-9(13)7-18-11/h4-8H,3H2,1-2H3,(H,15,17). The highest BCUT2D eigenvalue weighted by molar-refractivity contribution is 9.10. The van der Waals surface area contributed by atoms with Gasteiger partial charge < -0.3 is 5.32 Å². The van der Waals surface area contributed by atoms with E-state index in [1.165, 1.54) is 11.3 Å². The van der Waals surface area contributed by atoms with Crippen molar-refractivity contribution >= 4 is 33.2 Å². The number of carbonyl (C=O) groups is 1. The lowest BCUT2D eigenvalue weighted by Gasteiger charge is -2.14. The van der Waals surface area contributed by atoms with E-state index in [2.05, 4.69) is 26.3 Å². The van der Waals surface area contributed by atoms with Gasteiger partial charge in [0.15, 0.2) is 0 Å². The van der Waals surface area contributed by atoms with Crippen LogP contribution < -0.4 is 5.32 Å². The first-order valence-electron chi connectivity index (χ1n) is 5.68. The Morgan fingerprint density at radius 3 is 3.06 bits per heavy atom. The molecule has 0 aliphatic rings. The number of carbonyl (C=O) groups excluding carboxylic acids is 1. The van der Waals surface area contributed by atoms with E-state index in [1.807, 2.05) is 36.0 Å². The average molecular weight is 328 g/mol. The number of nitrogens with one attached hydrogen (secondary N) is 1. The van der Waals surface area contributed by atoms with Crippen molar-refractivity contribution in [1.82, 2.24) is 15.1 Å². The van der Waals surface area contributed by atoms with Crippen LogP contribution in [0.3, 0.4) is 0 Å². The lowest BCUT2D eigenvalue weighted by atomic mass is 10.2. The van der Waals surface area contributed by atoms with Crippen LogP contribution in [0.5, 0.6) is 0 Å². The average Bonchev–Trinajstić information content (AvgIpc) is 2.96. The van der Waals surface area contributed by atoms with Gasteiger partial charge >= 0.3 is 0 Å². The SMILES string of the molecule is CCn1nccc1C(C)NC(=O)c1cc(Br)cs1. The van der Waals surface area contributed by atoms with Crippen LogP contribution in [0.2, 0.25) is 0 Å². The highest BCUT2D eigenvalue weighted by Crippen LogP contribution is 2.20. The molecule has 0 aliphatic carbocycles. The molecule has 2 heterocycles. The number of hydrogen-bond donors (Lipinski definition) is 1. The van der Waals surface area contributed by atoms with E-state index < -0.39 is 0 Å². The summed E-state index contributed by atoms with van der Waals surface area (Å²) < 4.78 is 2.82. The number of nitrogens with zero attached hydrogens (tertiary/aromatic N) is 2. The maximum Gasteiger partial charge on any atom is 0.261 e. The second-order valence-electron chi connectivity index (χ2n) is 3.90. The first-order valence-corrected chi connectivity index (χ1v) is 7.35. The predicted octanol–water partition coefficient (Wildman–Crippen LogP) is 3.22. The van der Waals surface area contributed by atoms with Gasteiger partial charge in [-0.1, -0.05) is 0 Å². The number of aromatic nitrogens is 2.